The van der Waals surface area contributed by atoms with E-state index >= 15 is 0 Å². The summed E-state index contributed by atoms with van der Waals surface area (Å²) in [6, 6.07) is 0. The second kappa shape index (κ2) is 2.91. The number of rotatable bonds is 1. The van der Waals surface area contributed by atoms with Crippen LogP contribution in [0.15, 0.2) is 0 Å². The Morgan fingerprint density at radius 2 is 1.00 bits per heavy atom. The average molecular weight is 256 g/mol. The molecule has 0 saturated carbocycles. The molecule has 0 atom stereocenters. The van der Waals surface area contributed by atoms with Crippen LogP contribution in [0.4, 0.5) is 0 Å². The average Bonchev–Trinajstić information content (AvgIpc) is 1.25. The number of hydrogen-bond acceptors (Lipinski definition) is 0. The van der Waals surface area contributed by atoms with E-state index in [-0.39, 0.29) is 0 Å². The number of halogens is 3. The largest absolute Gasteiger partial charge is 0.315 e. The molecule has 0 unspecified atom stereocenters. The third kappa shape index (κ3) is 3.21. The van der Waals surface area contributed by atoms with Crippen molar-refractivity contribution >= 4 is 74.2 Å². The van der Waals surface area contributed by atoms with Crippen molar-refractivity contribution in [2.75, 3.05) is 0 Å². The highest BCUT2D eigenvalue weighted by Crippen LogP contribution is 2.24. The molecule has 0 saturated heterocycles. The molecule has 8 heavy (non-hydrogen) atoms. The van der Waals surface area contributed by atoms with Crippen LogP contribution in [0, 0.1) is 0 Å². The molecule has 0 aliphatic carbocycles. The topological polar surface area (TPSA) is 0 Å². The minimum atomic E-state index is -2.12. The van der Waals surface area contributed by atoms with E-state index in [0.717, 1.165) is 0 Å². The summed E-state index contributed by atoms with van der Waals surface area (Å²) in [5.74, 6) is 0. The normalized spacial score (nSPS) is 21.4. The first-order valence-corrected chi connectivity index (χ1v) is 20.9. The van der Waals surface area contributed by atoms with Crippen molar-refractivity contribution in [1.82, 2.24) is 0 Å². The van der Waals surface area contributed by atoms with E-state index in [4.69, 9.17) is 33.2 Å². The van der Waals surface area contributed by atoms with Gasteiger partial charge in [-0.2, -0.15) is 0 Å². The highest BCUT2D eigenvalue weighted by atomic mass is 35.8. The van der Waals surface area contributed by atoms with E-state index in [2.05, 4.69) is 0 Å². The third-order valence-electron chi connectivity index (χ3n) is 0.850. The maximum absolute atomic E-state index is 5.84. The smallest absolute Gasteiger partial charge is 0.131 e. The molecule has 0 aromatic carbocycles. The predicted molar refractivity (Wildman–Crippen MR) is 58.9 cm³/mol. The predicted octanol–water partition coefficient (Wildman–Crippen LogP) is -2.24. The highest BCUT2D eigenvalue weighted by Gasteiger charge is 2.41. The molecule has 0 aromatic heterocycles. The molecule has 8 heteroatoms. The minimum absolute atomic E-state index is 1.01. The first-order valence-electron chi connectivity index (χ1n) is 2.32. The molecule has 0 N–H and O–H groups in total. The van der Waals surface area contributed by atoms with Crippen LogP contribution in [0.2, 0.25) is 0 Å². The summed E-state index contributed by atoms with van der Waals surface area (Å²) in [4.78, 5) is 0. The van der Waals surface area contributed by atoms with E-state index in [9.17, 15) is 0 Å². The maximum Gasteiger partial charge on any atom is 0.315 e. The second-order valence-electron chi connectivity index (χ2n) is 2.75. The van der Waals surface area contributed by atoms with Gasteiger partial charge in [0.05, 0.1) is 6.14 Å². The van der Waals surface area contributed by atoms with Crippen molar-refractivity contribution in [2.24, 2.45) is 0 Å². The zero-order chi connectivity index (χ0) is 7.00. The van der Waals surface area contributed by atoms with Crippen LogP contribution in [-0.4, -0.2) is 40.9 Å². The summed E-state index contributed by atoms with van der Waals surface area (Å²) >= 11 is 17.5. The fourth-order valence-electron chi connectivity index (χ4n) is 0. The third-order valence-corrected chi connectivity index (χ3v) is 68.9. The highest BCUT2D eigenvalue weighted by molar-refractivity contribution is 8.08. The van der Waals surface area contributed by atoms with Gasteiger partial charge in [0, 0.05) is 0 Å². The van der Waals surface area contributed by atoms with Gasteiger partial charge in [-0.3, -0.25) is 0 Å². The molecule has 0 heterocycles. The Morgan fingerprint density at radius 3 is 1.00 bits per heavy atom. The van der Waals surface area contributed by atoms with Crippen LogP contribution in [0.1, 0.15) is 0 Å². The van der Waals surface area contributed by atoms with Gasteiger partial charge in [-0.15, -0.1) is 33.2 Å². The van der Waals surface area contributed by atoms with Crippen LogP contribution in [0.5, 0.6) is 0 Å². The van der Waals surface area contributed by atoms with Crippen LogP contribution < -0.4 is 0 Å². The Hall–Kier alpha value is 1.95. The lowest BCUT2D eigenvalue weighted by Gasteiger charge is -2.22. The Morgan fingerprint density at radius 1 is 0.875 bits per heavy atom. The lowest BCUT2D eigenvalue weighted by molar-refractivity contribution is 3.47. The van der Waals surface area contributed by atoms with Crippen molar-refractivity contribution in [2.45, 2.75) is 0 Å². The Bertz CT molecular complexity index is 62.7. The molecular weight excluding hydrogens is 247 g/mol. The quantitative estimate of drug-likeness (QED) is 0.367. The molecule has 0 nitrogen and oxygen atoms in total. The monoisotopic (exact) mass is 254 g/mol. The zero-order valence-corrected chi connectivity index (χ0v) is 15.4. The Labute approximate surface area is 73.8 Å². The lowest BCUT2D eigenvalue weighted by Crippen LogP contribution is -2.56. The maximum atomic E-state index is 5.84. The first kappa shape index (κ1) is 9.95. The van der Waals surface area contributed by atoms with Gasteiger partial charge in [0.1, 0.15) is 0 Å². The first-order chi connectivity index (χ1) is 3.25. The van der Waals surface area contributed by atoms with Gasteiger partial charge in [-0.25, -0.2) is 0 Å². The molecule has 0 aromatic rings. The van der Waals surface area contributed by atoms with E-state index in [1.807, 2.05) is 0 Å². The van der Waals surface area contributed by atoms with E-state index in [1.54, 1.807) is 0 Å². The van der Waals surface area contributed by atoms with Gasteiger partial charge < -0.3 is 0 Å². The van der Waals surface area contributed by atoms with Crippen LogP contribution in [-0.2, 0) is 0 Å². The van der Waals surface area contributed by atoms with Crippen molar-refractivity contribution < 1.29 is 0 Å². The molecule has 0 amide bonds. The Balaban J connectivity index is 4.02. The van der Waals surface area contributed by atoms with Gasteiger partial charge in [0.2, 0.25) is 0 Å². The summed E-state index contributed by atoms with van der Waals surface area (Å²) in [6.45, 7) is 0. The van der Waals surface area contributed by atoms with Crippen molar-refractivity contribution in [1.29, 1.82) is 0 Å². The van der Waals surface area contributed by atoms with Crippen molar-refractivity contribution in [3.05, 3.63) is 0 Å². The van der Waals surface area contributed by atoms with E-state index in [0.29, 0.717) is 0 Å². The van der Waals surface area contributed by atoms with Gasteiger partial charge in [0.15, 0.2) is 0 Å². The van der Waals surface area contributed by atoms with Crippen LogP contribution in [0.3, 0.4) is 0 Å². The molecule has 0 aliphatic heterocycles. The fraction of sp³-hybridized carbons (Fsp3) is 0. The van der Waals surface area contributed by atoms with Gasteiger partial charge in [0.25, 0.3) is 0 Å². The molecule has 0 fully saturated rings. The molecule has 0 spiro atoms. The van der Waals surface area contributed by atoms with Crippen LogP contribution >= 0.6 is 33.2 Å². The van der Waals surface area contributed by atoms with Gasteiger partial charge in [-0.05, 0) is 29.3 Å². The summed E-state index contributed by atoms with van der Waals surface area (Å²) in [5, 5.41) is 0. The number of hydrogen-bond donors (Lipinski definition) is 0. The van der Waals surface area contributed by atoms with E-state index < -0.39 is 11.7 Å². The molecule has 0 radical (unpaired) electrons. The summed E-state index contributed by atoms with van der Waals surface area (Å²) in [5.41, 5.74) is -2.12. The zero-order valence-electron chi connectivity index (χ0n) is 5.13. The summed E-state index contributed by atoms with van der Waals surface area (Å²) < 4.78 is 0. The van der Waals surface area contributed by atoms with Gasteiger partial charge >= 0.3 is 5.52 Å². The summed E-state index contributed by atoms with van der Waals surface area (Å²) in [7, 11) is 3.65. The molecular formula is H9Cl3Si5. The summed E-state index contributed by atoms with van der Waals surface area (Å²) in [6.07, 6.45) is -1.01. The van der Waals surface area contributed by atoms with Gasteiger partial charge in [-0.1, -0.05) is 0 Å². The van der Waals surface area contributed by atoms with E-state index in [1.165, 1.54) is 29.3 Å². The standard InChI is InChI=1S/Cl3H9Si5/c1-7(2,3)8(4,5)6/h4-6H3. The fourth-order valence-corrected chi connectivity index (χ4v) is 0. The SMILES string of the molecule is [SiH3][Si]([SiH3])([SiH3])[Si](Cl)(Cl)Cl. The van der Waals surface area contributed by atoms with Crippen LogP contribution in [0.25, 0.3) is 0 Å². The van der Waals surface area contributed by atoms with Crippen molar-refractivity contribution in [3.63, 3.8) is 0 Å². The second-order valence-corrected chi connectivity index (χ2v) is 74.2. The minimum Gasteiger partial charge on any atom is -0.131 e. The lowest BCUT2D eigenvalue weighted by atomic mass is 26.0. The Kier molecular flexibility index (Phi) is 3.62. The van der Waals surface area contributed by atoms with Crippen molar-refractivity contribution in [3.8, 4) is 0 Å². The molecule has 0 bridgehead atoms. The molecule has 0 aliphatic rings. The molecule has 50 valence electrons. The molecule has 0 rings (SSSR count).